The topological polar surface area (TPSA) is 18.8 Å². The van der Waals surface area contributed by atoms with Crippen molar-refractivity contribution >= 4 is 32.7 Å². The van der Waals surface area contributed by atoms with Crippen LogP contribution in [0.4, 0.5) is 0 Å². The maximum absolute atomic E-state index is 6.11. The molecule has 1 aliphatic heterocycles. The molecular weight excluding hydrogens is 435 g/mol. The molecule has 0 N–H and O–H groups in total. The van der Waals surface area contributed by atoms with Crippen LogP contribution >= 0.6 is 0 Å². The number of benzene rings is 3. The van der Waals surface area contributed by atoms with E-state index in [2.05, 4.69) is 142 Å². The first-order valence-corrected chi connectivity index (χ1v) is 15.2. The van der Waals surface area contributed by atoms with E-state index in [4.69, 9.17) is 4.30 Å². The van der Waals surface area contributed by atoms with Gasteiger partial charge in [-0.3, -0.25) is 0 Å². The lowest BCUT2D eigenvalue weighted by molar-refractivity contribution is 0.271. The van der Waals surface area contributed by atoms with Gasteiger partial charge >= 0.3 is 8.91 Å². The summed E-state index contributed by atoms with van der Waals surface area (Å²) < 4.78 is 11.5. The Balaban J connectivity index is 2.09. The molecule has 0 amide bonds. The second-order valence-corrected chi connectivity index (χ2v) is 16.6. The normalized spacial score (nSPS) is 15.2. The second-order valence-electron chi connectivity index (χ2n) is 10.9. The van der Waals surface area contributed by atoms with E-state index in [1.54, 1.807) is 0 Å². The molecule has 172 valence electrons. The highest BCUT2D eigenvalue weighted by molar-refractivity contribution is 7.11. The summed E-state index contributed by atoms with van der Waals surface area (Å²) in [5, 5.41) is 4.07. The van der Waals surface area contributed by atoms with Crippen LogP contribution in [-0.4, -0.2) is 50.4 Å². The highest BCUT2D eigenvalue weighted by Gasteiger charge is 2.46. The Morgan fingerprint density at radius 2 is 0.879 bits per heavy atom. The molecule has 0 aliphatic carbocycles. The van der Waals surface area contributed by atoms with Crippen molar-refractivity contribution in [2.45, 2.75) is 52.6 Å². The van der Waals surface area contributed by atoms with Gasteiger partial charge in [0.2, 0.25) is 0 Å². The van der Waals surface area contributed by atoms with E-state index in [1.165, 1.54) is 15.6 Å². The molecule has 5 heteroatoms. The van der Waals surface area contributed by atoms with Crippen LogP contribution < -0.4 is 15.6 Å². The third kappa shape index (κ3) is 4.62. The van der Waals surface area contributed by atoms with Crippen molar-refractivity contribution in [3.05, 3.63) is 91.0 Å². The molecule has 0 radical (unpaired) electrons. The number of hydrogen-bond acceptors (Lipinski definition) is 1. The first kappa shape index (κ1) is 23.6. The van der Waals surface area contributed by atoms with Crippen LogP contribution in [0.5, 0.6) is 0 Å². The van der Waals surface area contributed by atoms with Crippen LogP contribution in [0.2, 0.25) is 0 Å². The van der Waals surface area contributed by atoms with Gasteiger partial charge in [-0.25, -0.2) is 0 Å². The average molecular weight is 472 g/mol. The van der Waals surface area contributed by atoms with Crippen molar-refractivity contribution in [3.8, 4) is 0 Å². The maximum atomic E-state index is 6.11. The molecule has 3 aromatic rings. The summed E-state index contributed by atoms with van der Waals surface area (Å²) in [6.07, 6.45) is 0. The highest BCUT2D eigenvalue weighted by Crippen LogP contribution is 2.27. The molecular formula is C28H37N3Si2. The third-order valence-corrected chi connectivity index (χ3v) is 14.9. The highest BCUT2D eigenvalue weighted by atomic mass is 28.4. The lowest BCUT2D eigenvalue weighted by Crippen LogP contribution is -2.68. The largest absolute Gasteiger partial charge is 0.371 e. The summed E-state index contributed by atoms with van der Waals surface area (Å²) in [7, 11) is -3.99. The van der Waals surface area contributed by atoms with E-state index in [1.807, 2.05) is 0 Å². The zero-order chi connectivity index (χ0) is 23.7. The zero-order valence-corrected chi connectivity index (χ0v) is 22.9. The molecule has 1 heterocycles. The molecule has 33 heavy (non-hydrogen) atoms. The van der Waals surface area contributed by atoms with Gasteiger partial charge < -0.3 is 13.4 Å². The molecule has 4 rings (SSSR count). The smallest absolute Gasteiger partial charge is 0.360 e. The maximum Gasteiger partial charge on any atom is 0.360 e. The molecule has 3 aromatic carbocycles. The van der Waals surface area contributed by atoms with Gasteiger partial charge in [0.1, 0.15) is 0 Å². The van der Waals surface area contributed by atoms with E-state index < -0.39 is 17.1 Å². The van der Waals surface area contributed by atoms with Crippen LogP contribution in [0.1, 0.15) is 41.5 Å². The Morgan fingerprint density at radius 1 is 0.576 bits per heavy atom. The van der Waals surface area contributed by atoms with Crippen molar-refractivity contribution in [1.82, 2.24) is 9.13 Å². The first-order valence-electron chi connectivity index (χ1n) is 12.0. The van der Waals surface area contributed by atoms with E-state index >= 15 is 0 Å². The van der Waals surface area contributed by atoms with Gasteiger partial charge in [-0.05, 0) is 57.1 Å². The Bertz CT molecular complexity index is 964. The molecule has 0 unspecified atom stereocenters. The fourth-order valence-electron chi connectivity index (χ4n) is 4.82. The first-order chi connectivity index (χ1) is 15.6. The quantitative estimate of drug-likeness (QED) is 0.421. The zero-order valence-electron chi connectivity index (χ0n) is 20.9. The molecule has 0 bridgehead atoms. The Kier molecular flexibility index (Phi) is 6.47. The van der Waals surface area contributed by atoms with Crippen LogP contribution in [0, 0.1) is 0 Å². The lowest BCUT2D eigenvalue weighted by atomic mass is 10.1. The summed E-state index contributed by atoms with van der Waals surface area (Å²) in [6.45, 7) is 16.2. The Morgan fingerprint density at radius 3 is 1.15 bits per heavy atom. The lowest BCUT2D eigenvalue weighted by Gasteiger charge is -2.40. The van der Waals surface area contributed by atoms with E-state index in [-0.39, 0.29) is 11.1 Å². The molecule has 0 spiro atoms. The molecule has 1 fully saturated rings. The van der Waals surface area contributed by atoms with Gasteiger partial charge in [-0.1, -0.05) is 91.0 Å². The molecule has 3 nitrogen and oxygen atoms in total. The van der Waals surface area contributed by atoms with E-state index in [9.17, 15) is 0 Å². The minimum absolute atomic E-state index is 0.0714. The number of rotatable bonds is 4. The van der Waals surface area contributed by atoms with Crippen LogP contribution in [0.3, 0.4) is 0 Å². The summed E-state index contributed by atoms with van der Waals surface area (Å²) in [5.41, 5.74) is 0.143. The average Bonchev–Trinajstić information content (AvgIpc) is 3.24. The summed E-state index contributed by atoms with van der Waals surface area (Å²) in [6, 6.07) is 33.2. The molecule has 0 saturated carbocycles. The van der Waals surface area contributed by atoms with Crippen molar-refractivity contribution in [2.75, 3.05) is 13.1 Å². The van der Waals surface area contributed by atoms with Crippen LogP contribution in [0.15, 0.2) is 95.3 Å². The minimum atomic E-state index is -2.64. The molecule has 1 aliphatic rings. The molecule has 0 atom stereocenters. The van der Waals surface area contributed by atoms with E-state index in [0.717, 1.165) is 13.1 Å². The molecule has 0 aromatic heterocycles. The Hall–Kier alpha value is -2.51. The second kappa shape index (κ2) is 9.03. The standard InChI is InChI=1S/C28H37N3Si2/c1-27(2,3)30-22-23-31(28(4,5)6)32(30)29-33(24-16-10-7-11-17-24,25-18-12-8-13-19-25)26-20-14-9-15-21-26/h7-21H,22-23H2,1-6H3. The van der Waals surface area contributed by atoms with Crippen molar-refractivity contribution in [3.63, 3.8) is 0 Å². The van der Waals surface area contributed by atoms with Gasteiger partial charge in [0.15, 0.2) is 0 Å². The van der Waals surface area contributed by atoms with Gasteiger partial charge in [-0.2, -0.15) is 0 Å². The summed E-state index contributed by atoms with van der Waals surface area (Å²) >= 11 is 0. The summed E-state index contributed by atoms with van der Waals surface area (Å²) in [4.78, 5) is 0. The summed E-state index contributed by atoms with van der Waals surface area (Å²) in [5.74, 6) is 0. The molecule has 1 saturated heterocycles. The van der Waals surface area contributed by atoms with Gasteiger partial charge in [0.05, 0.1) is 0 Å². The monoisotopic (exact) mass is 471 g/mol. The van der Waals surface area contributed by atoms with Crippen molar-refractivity contribution in [1.29, 1.82) is 0 Å². The minimum Gasteiger partial charge on any atom is -0.371 e. The SMILES string of the molecule is CC(C)(C)N1CCN(C(C)(C)C)[Si]1=N[Si](c1ccccc1)(c1ccccc1)c1ccccc1. The van der Waals surface area contributed by atoms with Gasteiger partial charge in [0, 0.05) is 24.2 Å². The Labute approximate surface area is 202 Å². The van der Waals surface area contributed by atoms with Gasteiger partial charge in [-0.15, -0.1) is 0 Å². The van der Waals surface area contributed by atoms with Crippen molar-refractivity contribution in [2.24, 2.45) is 4.30 Å². The fourth-order valence-corrected chi connectivity index (χ4v) is 13.6. The van der Waals surface area contributed by atoms with Crippen LogP contribution in [0.25, 0.3) is 0 Å². The fraction of sp³-hybridized carbons (Fsp3) is 0.357. The number of nitrogens with zero attached hydrogens (tertiary/aromatic N) is 3. The van der Waals surface area contributed by atoms with Crippen LogP contribution in [-0.2, 0) is 0 Å². The predicted octanol–water partition coefficient (Wildman–Crippen LogP) is 4.12. The van der Waals surface area contributed by atoms with Gasteiger partial charge in [0.25, 0.3) is 8.24 Å². The third-order valence-electron chi connectivity index (χ3n) is 6.49. The number of hydrogen-bond donors (Lipinski definition) is 0. The predicted molar refractivity (Wildman–Crippen MR) is 145 cm³/mol. The van der Waals surface area contributed by atoms with Crippen molar-refractivity contribution < 1.29 is 0 Å². The van der Waals surface area contributed by atoms with E-state index in [0.29, 0.717) is 0 Å².